The standard InChI is InChI=1S/C14H21ClN2O2/c1-10-13(15)11(17(2)16-10)9-12(18)14(19)7-5-3-4-6-8-14/h19H,3-9H2,1-2H3. The molecule has 1 aliphatic rings. The van der Waals surface area contributed by atoms with Crippen molar-refractivity contribution < 1.29 is 9.90 Å². The number of ketones is 1. The van der Waals surface area contributed by atoms with Crippen LogP contribution in [0, 0.1) is 6.92 Å². The fraction of sp³-hybridized carbons (Fsp3) is 0.714. The molecule has 5 heteroatoms. The topological polar surface area (TPSA) is 55.1 Å². The van der Waals surface area contributed by atoms with E-state index in [0.29, 0.717) is 23.6 Å². The molecule has 0 amide bonds. The molecule has 1 aromatic heterocycles. The maximum absolute atomic E-state index is 12.4. The van der Waals surface area contributed by atoms with Crippen LogP contribution in [0.25, 0.3) is 0 Å². The van der Waals surface area contributed by atoms with Gasteiger partial charge in [-0.3, -0.25) is 9.48 Å². The monoisotopic (exact) mass is 284 g/mol. The summed E-state index contributed by atoms with van der Waals surface area (Å²) in [6.45, 7) is 1.82. The summed E-state index contributed by atoms with van der Waals surface area (Å²) in [5.41, 5.74) is 0.250. The van der Waals surface area contributed by atoms with Crippen LogP contribution >= 0.6 is 11.6 Å². The molecule has 1 aliphatic carbocycles. The molecule has 0 atom stereocenters. The molecule has 1 heterocycles. The average Bonchev–Trinajstić information content (AvgIpc) is 2.58. The number of nitrogens with zero attached hydrogens (tertiary/aromatic N) is 2. The van der Waals surface area contributed by atoms with Crippen molar-refractivity contribution >= 4 is 17.4 Å². The van der Waals surface area contributed by atoms with Crippen LogP contribution in [0.5, 0.6) is 0 Å². The van der Waals surface area contributed by atoms with E-state index < -0.39 is 5.60 Å². The second-order valence-electron chi connectivity index (χ2n) is 5.52. The highest BCUT2D eigenvalue weighted by Gasteiger charge is 2.36. The Kier molecular flexibility index (Phi) is 4.31. The van der Waals surface area contributed by atoms with Crippen LogP contribution in [0.4, 0.5) is 0 Å². The van der Waals surface area contributed by atoms with E-state index >= 15 is 0 Å². The van der Waals surface area contributed by atoms with E-state index in [1.165, 1.54) is 0 Å². The van der Waals surface area contributed by atoms with Gasteiger partial charge in [0.1, 0.15) is 5.60 Å². The summed E-state index contributed by atoms with van der Waals surface area (Å²) in [6, 6.07) is 0. The summed E-state index contributed by atoms with van der Waals surface area (Å²) in [4.78, 5) is 12.4. The smallest absolute Gasteiger partial charge is 0.170 e. The van der Waals surface area contributed by atoms with Gasteiger partial charge in [-0.05, 0) is 19.8 Å². The fourth-order valence-electron chi connectivity index (χ4n) is 2.78. The largest absolute Gasteiger partial charge is 0.382 e. The third kappa shape index (κ3) is 3.00. The van der Waals surface area contributed by atoms with Crippen LogP contribution < -0.4 is 0 Å². The van der Waals surface area contributed by atoms with Crippen molar-refractivity contribution in [1.82, 2.24) is 9.78 Å². The third-order valence-corrected chi connectivity index (χ3v) is 4.53. The number of aryl methyl sites for hydroxylation is 2. The van der Waals surface area contributed by atoms with Gasteiger partial charge in [0.05, 0.1) is 22.8 Å². The van der Waals surface area contributed by atoms with E-state index in [4.69, 9.17) is 11.6 Å². The van der Waals surface area contributed by atoms with Crippen LogP contribution in [0.15, 0.2) is 0 Å². The second kappa shape index (κ2) is 5.63. The van der Waals surface area contributed by atoms with Crippen molar-refractivity contribution in [3.8, 4) is 0 Å². The SMILES string of the molecule is Cc1nn(C)c(CC(=O)C2(O)CCCCCC2)c1Cl. The summed E-state index contributed by atoms with van der Waals surface area (Å²) in [6.07, 6.45) is 5.33. The Balaban J connectivity index is 2.15. The van der Waals surface area contributed by atoms with Gasteiger partial charge in [-0.25, -0.2) is 0 Å². The molecule has 19 heavy (non-hydrogen) atoms. The van der Waals surface area contributed by atoms with E-state index in [1.54, 1.807) is 11.7 Å². The molecule has 0 bridgehead atoms. The predicted molar refractivity (Wildman–Crippen MR) is 74.3 cm³/mol. The zero-order chi connectivity index (χ0) is 14.0. The first-order valence-corrected chi connectivity index (χ1v) is 7.25. The van der Waals surface area contributed by atoms with Crippen molar-refractivity contribution in [3.63, 3.8) is 0 Å². The number of halogens is 1. The normalized spacial score (nSPS) is 19.2. The predicted octanol–water partition coefficient (Wildman–Crippen LogP) is 2.58. The third-order valence-electron chi connectivity index (χ3n) is 4.04. The highest BCUT2D eigenvalue weighted by Crippen LogP contribution is 2.30. The minimum atomic E-state index is -1.17. The van der Waals surface area contributed by atoms with Crippen molar-refractivity contribution in [2.75, 3.05) is 0 Å². The lowest BCUT2D eigenvalue weighted by atomic mass is 9.87. The maximum Gasteiger partial charge on any atom is 0.170 e. The lowest BCUT2D eigenvalue weighted by molar-refractivity contribution is -0.138. The Bertz CT molecular complexity index is 474. The maximum atomic E-state index is 12.4. The summed E-state index contributed by atoms with van der Waals surface area (Å²) < 4.78 is 1.63. The van der Waals surface area contributed by atoms with E-state index in [-0.39, 0.29) is 12.2 Å². The number of hydrogen-bond donors (Lipinski definition) is 1. The summed E-state index contributed by atoms with van der Waals surface area (Å²) in [5.74, 6) is -0.126. The Hall–Kier alpha value is -0.870. The number of carbonyl (C=O) groups excluding carboxylic acids is 1. The number of rotatable bonds is 3. The van der Waals surface area contributed by atoms with Gasteiger partial charge in [-0.1, -0.05) is 37.3 Å². The molecule has 1 saturated carbocycles. The quantitative estimate of drug-likeness (QED) is 0.868. The molecule has 0 saturated heterocycles. The summed E-state index contributed by atoms with van der Waals surface area (Å²) in [7, 11) is 1.78. The van der Waals surface area contributed by atoms with Gasteiger partial charge in [0.25, 0.3) is 0 Å². The van der Waals surface area contributed by atoms with Gasteiger partial charge in [0, 0.05) is 7.05 Å². The molecule has 4 nitrogen and oxygen atoms in total. The van der Waals surface area contributed by atoms with Gasteiger partial charge in [0.15, 0.2) is 5.78 Å². The number of aromatic nitrogens is 2. The Morgan fingerprint density at radius 2 is 1.95 bits per heavy atom. The van der Waals surface area contributed by atoms with Crippen molar-refractivity contribution in [2.24, 2.45) is 7.05 Å². The van der Waals surface area contributed by atoms with E-state index in [1.807, 2.05) is 6.92 Å². The molecule has 0 aliphatic heterocycles. The van der Waals surface area contributed by atoms with Crippen LogP contribution in [-0.2, 0) is 18.3 Å². The lowest BCUT2D eigenvalue weighted by Gasteiger charge is -2.24. The van der Waals surface area contributed by atoms with Crippen LogP contribution in [0.2, 0.25) is 5.02 Å². The zero-order valence-electron chi connectivity index (χ0n) is 11.6. The molecule has 0 spiro atoms. The van der Waals surface area contributed by atoms with E-state index in [9.17, 15) is 9.90 Å². The molecule has 0 radical (unpaired) electrons. The minimum absolute atomic E-state index is 0.126. The molecule has 106 valence electrons. The number of hydrogen-bond acceptors (Lipinski definition) is 3. The van der Waals surface area contributed by atoms with Crippen molar-refractivity contribution in [3.05, 3.63) is 16.4 Å². The Labute approximate surface area is 118 Å². The van der Waals surface area contributed by atoms with Gasteiger partial charge in [0.2, 0.25) is 0 Å². The first kappa shape index (κ1) is 14.5. The lowest BCUT2D eigenvalue weighted by Crippen LogP contribution is -2.39. The Morgan fingerprint density at radius 3 is 2.42 bits per heavy atom. The second-order valence-corrected chi connectivity index (χ2v) is 5.89. The molecule has 1 fully saturated rings. The van der Waals surface area contributed by atoms with E-state index in [2.05, 4.69) is 5.10 Å². The van der Waals surface area contributed by atoms with Gasteiger partial charge >= 0.3 is 0 Å². The van der Waals surface area contributed by atoms with Gasteiger partial charge in [-0.2, -0.15) is 5.10 Å². The summed E-state index contributed by atoms with van der Waals surface area (Å²) in [5, 5.41) is 15.3. The minimum Gasteiger partial charge on any atom is -0.382 e. The highest BCUT2D eigenvalue weighted by atomic mass is 35.5. The van der Waals surface area contributed by atoms with Gasteiger partial charge in [-0.15, -0.1) is 0 Å². The van der Waals surface area contributed by atoms with Crippen LogP contribution in [0.1, 0.15) is 49.9 Å². The zero-order valence-corrected chi connectivity index (χ0v) is 12.3. The first-order valence-electron chi connectivity index (χ1n) is 6.88. The molecule has 1 aromatic rings. The summed E-state index contributed by atoms with van der Waals surface area (Å²) >= 11 is 6.16. The first-order chi connectivity index (χ1) is 8.94. The molecular formula is C14H21ClN2O2. The van der Waals surface area contributed by atoms with Gasteiger partial charge < -0.3 is 5.11 Å². The van der Waals surface area contributed by atoms with Crippen molar-refractivity contribution in [2.45, 2.75) is 57.5 Å². The Morgan fingerprint density at radius 1 is 1.37 bits per heavy atom. The molecule has 2 rings (SSSR count). The number of Topliss-reactive ketones (excluding diaryl/α,β-unsaturated/α-hetero) is 1. The van der Waals surface area contributed by atoms with Crippen molar-refractivity contribution in [1.29, 1.82) is 0 Å². The average molecular weight is 285 g/mol. The molecular weight excluding hydrogens is 264 g/mol. The number of carbonyl (C=O) groups is 1. The highest BCUT2D eigenvalue weighted by molar-refractivity contribution is 6.32. The number of aliphatic hydroxyl groups is 1. The van der Waals surface area contributed by atoms with E-state index in [0.717, 1.165) is 31.4 Å². The van der Waals surface area contributed by atoms with Crippen LogP contribution in [0.3, 0.4) is 0 Å². The fourth-order valence-corrected chi connectivity index (χ4v) is 3.01. The molecule has 0 aromatic carbocycles. The van der Waals surface area contributed by atoms with Crippen LogP contribution in [-0.4, -0.2) is 26.3 Å². The molecule has 1 N–H and O–H groups in total. The molecule has 0 unspecified atom stereocenters.